The third kappa shape index (κ3) is 3.10. The van der Waals surface area contributed by atoms with E-state index in [1.807, 2.05) is 0 Å². The molecule has 0 amide bonds. The lowest BCUT2D eigenvalue weighted by Crippen LogP contribution is -2.35. The topological polar surface area (TPSA) is 63.4 Å². The van der Waals surface area contributed by atoms with Crippen molar-refractivity contribution in [2.24, 2.45) is 11.8 Å². The van der Waals surface area contributed by atoms with Gasteiger partial charge in [0.15, 0.2) is 0 Å². The Balaban J connectivity index is 1.91. The zero-order valence-electron chi connectivity index (χ0n) is 11.3. The third-order valence-corrected chi connectivity index (χ3v) is 6.03. The van der Waals surface area contributed by atoms with Gasteiger partial charge in [-0.1, -0.05) is 11.6 Å². The lowest BCUT2D eigenvalue weighted by atomic mass is 10.3. The van der Waals surface area contributed by atoms with Crippen molar-refractivity contribution < 1.29 is 8.42 Å². The zero-order valence-corrected chi connectivity index (χ0v) is 12.8. The van der Waals surface area contributed by atoms with Gasteiger partial charge in [0.05, 0.1) is 5.69 Å². The maximum absolute atomic E-state index is 12.8. The summed E-state index contributed by atoms with van der Waals surface area (Å²) in [6.45, 7) is 1.23. The Kier molecular flexibility index (Phi) is 3.69. The smallest absolute Gasteiger partial charge is 0.245 e. The van der Waals surface area contributed by atoms with Gasteiger partial charge in [-0.25, -0.2) is 8.42 Å². The average molecular weight is 315 g/mol. The van der Waals surface area contributed by atoms with Gasteiger partial charge in [-0.3, -0.25) is 0 Å². The number of nitrogen functional groups attached to an aromatic ring is 1. The molecule has 2 aliphatic carbocycles. The van der Waals surface area contributed by atoms with E-state index in [1.54, 1.807) is 16.4 Å². The Morgan fingerprint density at radius 1 is 1.15 bits per heavy atom. The zero-order chi connectivity index (χ0) is 14.3. The Labute approximate surface area is 125 Å². The number of benzene rings is 1. The molecule has 2 aliphatic rings. The Morgan fingerprint density at radius 2 is 1.70 bits per heavy atom. The van der Waals surface area contributed by atoms with Gasteiger partial charge < -0.3 is 5.73 Å². The Hall–Kier alpha value is -0.780. The second-order valence-electron chi connectivity index (χ2n) is 5.89. The predicted molar refractivity (Wildman–Crippen MR) is 80.1 cm³/mol. The van der Waals surface area contributed by atoms with Crippen LogP contribution in [0.5, 0.6) is 0 Å². The second kappa shape index (κ2) is 5.20. The molecule has 20 heavy (non-hydrogen) atoms. The lowest BCUT2D eigenvalue weighted by Gasteiger charge is -2.23. The van der Waals surface area contributed by atoms with Crippen molar-refractivity contribution in [1.29, 1.82) is 0 Å². The molecule has 4 nitrogen and oxygen atoms in total. The van der Waals surface area contributed by atoms with Crippen LogP contribution in [0.15, 0.2) is 23.1 Å². The van der Waals surface area contributed by atoms with E-state index < -0.39 is 10.0 Å². The van der Waals surface area contributed by atoms with Gasteiger partial charge in [0.2, 0.25) is 10.0 Å². The van der Waals surface area contributed by atoms with Crippen LogP contribution in [0.1, 0.15) is 25.7 Å². The van der Waals surface area contributed by atoms with Crippen molar-refractivity contribution in [3.05, 3.63) is 23.2 Å². The molecule has 0 spiro atoms. The van der Waals surface area contributed by atoms with Crippen LogP contribution in [0, 0.1) is 11.8 Å². The lowest BCUT2D eigenvalue weighted by molar-refractivity contribution is 0.382. The van der Waals surface area contributed by atoms with Crippen LogP contribution in [0.4, 0.5) is 5.69 Å². The largest absolute Gasteiger partial charge is 0.398 e. The summed E-state index contributed by atoms with van der Waals surface area (Å²) in [7, 11) is -3.54. The van der Waals surface area contributed by atoms with Gasteiger partial charge in [-0.15, -0.1) is 0 Å². The Bertz CT molecular complexity index is 596. The number of halogens is 1. The maximum atomic E-state index is 12.8. The van der Waals surface area contributed by atoms with Crippen LogP contribution >= 0.6 is 11.6 Å². The standard InChI is InChI=1S/C14H19ClN2O2S/c15-12-5-6-13(16)14(7-12)20(18,19)17(8-10-1-2-10)9-11-3-4-11/h5-7,10-11H,1-4,8-9,16H2. The van der Waals surface area contributed by atoms with Gasteiger partial charge in [-0.2, -0.15) is 4.31 Å². The highest BCUT2D eigenvalue weighted by molar-refractivity contribution is 7.89. The number of anilines is 1. The van der Waals surface area contributed by atoms with E-state index in [0.717, 1.165) is 25.7 Å². The molecule has 6 heteroatoms. The van der Waals surface area contributed by atoms with E-state index in [1.165, 1.54) is 6.07 Å². The Morgan fingerprint density at radius 3 is 2.20 bits per heavy atom. The molecule has 0 aromatic heterocycles. The molecule has 2 saturated carbocycles. The molecule has 0 bridgehead atoms. The minimum Gasteiger partial charge on any atom is -0.398 e. The average Bonchev–Trinajstić information content (AvgIpc) is 3.25. The van der Waals surface area contributed by atoms with E-state index in [-0.39, 0.29) is 10.6 Å². The number of hydrogen-bond donors (Lipinski definition) is 1. The summed E-state index contributed by atoms with van der Waals surface area (Å²) < 4.78 is 27.3. The first kappa shape index (κ1) is 14.2. The molecule has 0 atom stereocenters. The SMILES string of the molecule is Nc1ccc(Cl)cc1S(=O)(=O)N(CC1CC1)CC1CC1. The molecule has 2 fully saturated rings. The van der Waals surface area contributed by atoms with Crippen LogP contribution in [0.25, 0.3) is 0 Å². The summed E-state index contributed by atoms with van der Waals surface area (Å²) in [5.41, 5.74) is 6.11. The van der Waals surface area contributed by atoms with Crippen molar-refractivity contribution in [2.75, 3.05) is 18.8 Å². The van der Waals surface area contributed by atoms with E-state index in [2.05, 4.69) is 0 Å². The van der Waals surface area contributed by atoms with E-state index in [4.69, 9.17) is 17.3 Å². The van der Waals surface area contributed by atoms with Crippen LogP contribution in [-0.2, 0) is 10.0 Å². The molecule has 3 rings (SSSR count). The molecule has 1 aromatic rings. The predicted octanol–water partition coefficient (Wildman–Crippen LogP) is 2.73. The number of sulfonamides is 1. The highest BCUT2D eigenvalue weighted by Gasteiger charge is 2.36. The van der Waals surface area contributed by atoms with Gasteiger partial charge >= 0.3 is 0 Å². The van der Waals surface area contributed by atoms with Crippen molar-refractivity contribution in [1.82, 2.24) is 4.31 Å². The van der Waals surface area contributed by atoms with Crippen LogP contribution < -0.4 is 5.73 Å². The second-order valence-corrected chi connectivity index (χ2v) is 8.23. The van der Waals surface area contributed by atoms with Crippen LogP contribution in [-0.4, -0.2) is 25.8 Å². The molecule has 0 heterocycles. The molecular formula is C14H19ClN2O2S. The number of rotatable bonds is 6. The molecule has 110 valence electrons. The van der Waals surface area contributed by atoms with Gasteiger partial charge in [0.1, 0.15) is 4.90 Å². The number of nitrogens with two attached hydrogens (primary N) is 1. The first-order valence-electron chi connectivity index (χ1n) is 7.02. The van der Waals surface area contributed by atoms with Gasteiger partial charge in [-0.05, 0) is 55.7 Å². The van der Waals surface area contributed by atoms with E-state index >= 15 is 0 Å². The first-order valence-corrected chi connectivity index (χ1v) is 8.84. The van der Waals surface area contributed by atoms with E-state index in [9.17, 15) is 8.42 Å². The minimum atomic E-state index is -3.54. The fourth-order valence-corrected chi connectivity index (χ4v) is 4.29. The third-order valence-electron chi connectivity index (χ3n) is 3.91. The van der Waals surface area contributed by atoms with Crippen LogP contribution in [0.2, 0.25) is 5.02 Å². The summed E-state index contributed by atoms with van der Waals surface area (Å²) in [6.07, 6.45) is 4.51. The molecule has 0 saturated heterocycles. The maximum Gasteiger partial charge on any atom is 0.245 e. The van der Waals surface area contributed by atoms with Crippen molar-refractivity contribution in [3.8, 4) is 0 Å². The molecule has 0 radical (unpaired) electrons. The number of hydrogen-bond acceptors (Lipinski definition) is 3. The monoisotopic (exact) mass is 314 g/mol. The quantitative estimate of drug-likeness (QED) is 0.821. The van der Waals surface area contributed by atoms with Crippen molar-refractivity contribution >= 4 is 27.3 Å². The van der Waals surface area contributed by atoms with Gasteiger partial charge in [0.25, 0.3) is 0 Å². The summed E-state index contributed by atoms with van der Waals surface area (Å²) in [4.78, 5) is 0.145. The molecular weight excluding hydrogens is 296 g/mol. The summed E-state index contributed by atoms with van der Waals surface area (Å²) in [6, 6.07) is 4.63. The highest BCUT2D eigenvalue weighted by Crippen LogP contribution is 2.37. The highest BCUT2D eigenvalue weighted by atomic mass is 35.5. The van der Waals surface area contributed by atoms with Crippen molar-refractivity contribution in [2.45, 2.75) is 30.6 Å². The molecule has 2 N–H and O–H groups in total. The summed E-state index contributed by atoms with van der Waals surface area (Å²) in [5, 5.41) is 0.399. The van der Waals surface area contributed by atoms with Gasteiger partial charge in [0, 0.05) is 18.1 Å². The number of nitrogens with zero attached hydrogens (tertiary/aromatic N) is 1. The van der Waals surface area contributed by atoms with Crippen LogP contribution in [0.3, 0.4) is 0 Å². The molecule has 0 aliphatic heterocycles. The minimum absolute atomic E-state index is 0.145. The van der Waals surface area contributed by atoms with E-state index in [0.29, 0.717) is 29.9 Å². The summed E-state index contributed by atoms with van der Waals surface area (Å²) >= 11 is 5.93. The first-order chi connectivity index (χ1) is 9.46. The fourth-order valence-electron chi connectivity index (χ4n) is 2.32. The van der Waals surface area contributed by atoms with Crippen molar-refractivity contribution in [3.63, 3.8) is 0 Å². The molecule has 0 unspecified atom stereocenters. The summed E-state index contributed by atoms with van der Waals surface area (Å²) in [5.74, 6) is 1.04. The fraction of sp³-hybridized carbons (Fsp3) is 0.571. The normalized spacial score (nSPS) is 19.5. The molecule has 1 aromatic carbocycles.